The molecule has 0 bridgehead atoms. The van der Waals surface area contributed by atoms with Crippen molar-refractivity contribution in [3.05, 3.63) is 59.2 Å². The predicted octanol–water partition coefficient (Wildman–Crippen LogP) is 4.21. The van der Waals surface area contributed by atoms with Crippen LogP contribution in [0.15, 0.2) is 42.5 Å². The standard InChI is InChI=1S/C22H25NO3/c1-16-5-2-3-7-18(16)9-8-17-6-4-12-23(14-17)22(24)19-10-11-20-21(13-19)26-15-25-20/h2-3,5,7,10-11,13,17H,4,6,8-9,12,14-15H2,1H3. The number of benzene rings is 2. The second kappa shape index (κ2) is 7.40. The van der Waals surface area contributed by atoms with Crippen LogP contribution >= 0.6 is 0 Å². The Hall–Kier alpha value is -2.49. The molecule has 4 rings (SSSR count). The van der Waals surface area contributed by atoms with Crippen molar-refractivity contribution in [1.82, 2.24) is 4.90 Å². The van der Waals surface area contributed by atoms with Crippen molar-refractivity contribution in [2.45, 2.75) is 32.6 Å². The molecule has 2 aromatic carbocycles. The Balaban J connectivity index is 1.38. The SMILES string of the molecule is Cc1ccccc1CCC1CCCN(C(=O)c2ccc3c(c2)OCO3)C1. The highest BCUT2D eigenvalue weighted by Gasteiger charge is 2.25. The van der Waals surface area contributed by atoms with E-state index in [9.17, 15) is 4.79 Å². The summed E-state index contributed by atoms with van der Waals surface area (Å²) in [7, 11) is 0. The van der Waals surface area contributed by atoms with Crippen LogP contribution in [0.4, 0.5) is 0 Å². The number of rotatable bonds is 4. The lowest BCUT2D eigenvalue weighted by atomic mass is 9.90. The van der Waals surface area contributed by atoms with E-state index in [-0.39, 0.29) is 12.7 Å². The van der Waals surface area contributed by atoms with Crippen LogP contribution in [0.3, 0.4) is 0 Å². The molecule has 4 nitrogen and oxygen atoms in total. The molecular weight excluding hydrogens is 326 g/mol. The van der Waals surface area contributed by atoms with Crippen molar-refractivity contribution in [2.24, 2.45) is 5.92 Å². The third-order valence-electron chi connectivity index (χ3n) is 5.51. The van der Waals surface area contributed by atoms with E-state index in [2.05, 4.69) is 31.2 Å². The Kier molecular flexibility index (Phi) is 4.83. The second-order valence-corrected chi connectivity index (χ2v) is 7.29. The first-order valence-electron chi connectivity index (χ1n) is 9.44. The second-order valence-electron chi connectivity index (χ2n) is 7.29. The molecule has 1 saturated heterocycles. The van der Waals surface area contributed by atoms with Gasteiger partial charge in [-0.3, -0.25) is 4.79 Å². The average molecular weight is 351 g/mol. The number of likely N-dealkylation sites (tertiary alicyclic amines) is 1. The van der Waals surface area contributed by atoms with Crippen molar-refractivity contribution in [2.75, 3.05) is 19.9 Å². The van der Waals surface area contributed by atoms with E-state index >= 15 is 0 Å². The topological polar surface area (TPSA) is 38.8 Å². The quantitative estimate of drug-likeness (QED) is 0.828. The first kappa shape index (κ1) is 17.0. The maximum atomic E-state index is 12.9. The molecule has 0 aromatic heterocycles. The Morgan fingerprint density at radius 1 is 1.15 bits per heavy atom. The van der Waals surface area contributed by atoms with Gasteiger partial charge in [-0.05, 0) is 67.9 Å². The first-order valence-corrected chi connectivity index (χ1v) is 9.44. The molecule has 0 aliphatic carbocycles. The third kappa shape index (κ3) is 3.55. The number of amides is 1. The molecule has 1 unspecified atom stereocenters. The molecule has 0 radical (unpaired) electrons. The van der Waals surface area contributed by atoms with Crippen LogP contribution in [0.25, 0.3) is 0 Å². The van der Waals surface area contributed by atoms with E-state index in [1.807, 2.05) is 23.1 Å². The molecule has 2 heterocycles. The maximum Gasteiger partial charge on any atom is 0.254 e. The number of nitrogens with zero attached hydrogens (tertiary/aromatic N) is 1. The van der Waals surface area contributed by atoms with E-state index in [4.69, 9.17) is 9.47 Å². The molecule has 0 saturated carbocycles. The number of fused-ring (bicyclic) bond motifs is 1. The van der Waals surface area contributed by atoms with Crippen molar-refractivity contribution < 1.29 is 14.3 Å². The van der Waals surface area contributed by atoms with Gasteiger partial charge < -0.3 is 14.4 Å². The van der Waals surface area contributed by atoms with Gasteiger partial charge in [0.1, 0.15) is 0 Å². The minimum absolute atomic E-state index is 0.101. The zero-order chi connectivity index (χ0) is 17.9. The fraction of sp³-hybridized carbons (Fsp3) is 0.409. The molecule has 0 spiro atoms. The lowest BCUT2D eigenvalue weighted by Gasteiger charge is -2.33. The van der Waals surface area contributed by atoms with Crippen LogP contribution < -0.4 is 9.47 Å². The molecule has 0 N–H and O–H groups in total. The van der Waals surface area contributed by atoms with Crippen molar-refractivity contribution >= 4 is 5.91 Å². The zero-order valence-corrected chi connectivity index (χ0v) is 15.2. The summed E-state index contributed by atoms with van der Waals surface area (Å²) in [5, 5.41) is 0. The van der Waals surface area contributed by atoms with Crippen LogP contribution in [0.1, 0.15) is 40.7 Å². The summed E-state index contributed by atoms with van der Waals surface area (Å²) in [4.78, 5) is 14.9. The number of carbonyl (C=O) groups is 1. The highest BCUT2D eigenvalue weighted by molar-refractivity contribution is 5.95. The Morgan fingerprint density at radius 2 is 2.00 bits per heavy atom. The van der Waals surface area contributed by atoms with Gasteiger partial charge in [-0.25, -0.2) is 0 Å². The number of aryl methyl sites for hydroxylation is 2. The minimum Gasteiger partial charge on any atom is -0.454 e. The average Bonchev–Trinajstić information content (AvgIpc) is 3.15. The van der Waals surface area contributed by atoms with Gasteiger partial charge in [-0.15, -0.1) is 0 Å². The van der Waals surface area contributed by atoms with E-state index in [0.29, 0.717) is 17.2 Å². The van der Waals surface area contributed by atoms with Gasteiger partial charge in [-0.1, -0.05) is 24.3 Å². The molecule has 2 aromatic rings. The maximum absolute atomic E-state index is 12.9. The molecule has 1 fully saturated rings. The van der Waals surface area contributed by atoms with E-state index in [1.54, 1.807) is 0 Å². The summed E-state index contributed by atoms with van der Waals surface area (Å²) in [5.41, 5.74) is 3.47. The summed E-state index contributed by atoms with van der Waals surface area (Å²) in [6.45, 7) is 4.09. The summed E-state index contributed by atoms with van der Waals surface area (Å²) in [6.07, 6.45) is 4.50. The van der Waals surface area contributed by atoms with Gasteiger partial charge in [-0.2, -0.15) is 0 Å². The number of piperidine rings is 1. The number of ether oxygens (including phenoxy) is 2. The van der Waals surface area contributed by atoms with E-state index in [1.165, 1.54) is 17.5 Å². The summed E-state index contributed by atoms with van der Waals surface area (Å²) >= 11 is 0. The molecule has 4 heteroatoms. The van der Waals surface area contributed by atoms with Crippen LogP contribution in [0.2, 0.25) is 0 Å². The fourth-order valence-corrected chi connectivity index (χ4v) is 3.95. The largest absolute Gasteiger partial charge is 0.454 e. The van der Waals surface area contributed by atoms with Crippen molar-refractivity contribution in [3.8, 4) is 11.5 Å². The first-order chi connectivity index (χ1) is 12.7. The Morgan fingerprint density at radius 3 is 2.88 bits per heavy atom. The van der Waals surface area contributed by atoms with Gasteiger partial charge in [0.2, 0.25) is 6.79 Å². The van der Waals surface area contributed by atoms with Crippen LogP contribution in [-0.2, 0) is 6.42 Å². The summed E-state index contributed by atoms with van der Waals surface area (Å²) < 4.78 is 10.7. The summed E-state index contributed by atoms with van der Waals surface area (Å²) in [6, 6.07) is 14.1. The number of hydrogen-bond donors (Lipinski definition) is 0. The molecule has 1 atom stereocenters. The van der Waals surface area contributed by atoms with E-state index in [0.717, 1.165) is 38.1 Å². The molecule has 2 aliphatic rings. The minimum atomic E-state index is 0.101. The van der Waals surface area contributed by atoms with Crippen molar-refractivity contribution in [1.29, 1.82) is 0 Å². The smallest absolute Gasteiger partial charge is 0.254 e. The normalized spacial score (nSPS) is 18.8. The molecule has 1 amide bonds. The lowest BCUT2D eigenvalue weighted by Crippen LogP contribution is -2.40. The number of carbonyl (C=O) groups excluding carboxylic acids is 1. The fourth-order valence-electron chi connectivity index (χ4n) is 3.95. The summed E-state index contributed by atoms with van der Waals surface area (Å²) in [5.74, 6) is 2.06. The molecule has 26 heavy (non-hydrogen) atoms. The molecule has 136 valence electrons. The zero-order valence-electron chi connectivity index (χ0n) is 15.2. The third-order valence-corrected chi connectivity index (χ3v) is 5.51. The Bertz CT molecular complexity index is 802. The van der Waals surface area contributed by atoms with Crippen molar-refractivity contribution in [3.63, 3.8) is 0 Å². The number of hydrogen-bond acceptors (Lipinski definition) is 3. The van der Waals surface area contributed by atoms with Gasteiger partial charge in [0.15, 0.2) is 11.5 Å². The highest BCUT2D eigenvalue weighted by Crippen LogP contribution is 2.33. The van der Waals surface area contributed by atoms with Gasteiger partial charge >= 0.3 is 0 Å². The van der Waals surface area contributed by atoms with Crippen LogP contribution in [0, 0.1) is 12.8 Å². The van der Waals surface area contributed by atoms with Gasteiger partial charge in [0.25, 0.3) is 5.91 Å². The van der Waals surface area contributed by atoms with Gasteiger partial charge in [0, 0.05) is 18.7 Å². The van der Waals surface area contributed by atoms with E-state index < -0.39 is 0 Å². The predicted molar refractivity (Wildman–Crippen MR) is 101 cm³/mol. The Labute approximate surface area is 154 Å². The van der Waals surface area contributed by atoms with Crippen LogP contribution in [-0.4, -0.2) is 30.7 Å². The van der Waals surface area contributed by atoms with Gasteiger partial charge in [0.05, 0.1) is 0 Å². The molecular formula is C22H25NO3. The molecule has 2 aliphatic heterocycles. The monoisotopic (exact) mass is 351 g/mol. The van der Waals surface area contributed by atoms with Crippen LogP contribution in [0.5, 0.6) is 11.5 Å². The lowest BCUT2D eigenvalue weighted by molar-refractivity contribution is 0.0668. The highest BCUT2D eigenvalue weighted by atomic mass is 16.7.